The second kappa shape index (κ2) is 4.80. The van der Waals surface area contributed by atoms with Gasteiger partial charge in [-0.25, -0.2) is 0 Å². The summed E-state index contributed by atoms with van der Waals surface area (Å²) in [5, 5.41) is 10.3. The Morgan fingerprint density at radius 2 is 2.22 bits per heavy atom. The van der Waals surface area contributed by atoms with Gasteiger partial charge in [0, 0.05) is 5.02 Å². The average Bonchev–Trinajstić information content (AvgIpc) is 2.27. The molecule has 0 saturated carbocycles. The largest absolute Gasteiger partial charge is 0.493 e. The lowest BCUT2D eigenvalue weighted by atomic mass is 10.1. The molecular formula is C12H12ClN3O2. The third kappa shape index (κ3) is 2.37. The molecule has 0 spiro atoms. The molecule has 0 bridgehead atoms. The van der Waals surface area contributed by atoms with Crippen LogP contribution in [0.3, 0.4) is 0 Å². The van der Waals surface area contributed by atoms with Crippen molar-refractivity contribution in [1.29, 1.82) is 0 Å². The summed E-state index contributed by atoms with van der Waals surface area (Å²) in [4.78, 5) is 18.3. The minimum atomic E-state index is -0.461. The standard InChI is InChI=1S/C12H12ClN3O2/c1-6(14)10-15-11(17)9(12(18)16-10)7-3-2-4-8(13)5-7/h2-6H,14H2,1H3,(H2,15,16,17,18). The molecule has 18 heavy (non-hydrogen) atoms. The maximum Gasteiger partial charge on any atom is 0.262 e. The number of hydrogen-bond donors (Lipinski definition) is 3. The highest BCUT2D eigenvalue weighted by Crippen LogP contribution is 2.26. The molecule has 1 heterocycles. The lowest BCUT2D eigenvalue weighted by Crippen LogP contribution is -2.19. The van der Waals surface area contributed by atoms with Crippen molar-refractivity contribution in [2.75, 3.05) is 0 Å². The van der Waals surface area contributed by atoms with E-state index in [1.54, 1.807) is 31.2 Å². The van der Waals surface area contributed by atoms with E-state index < -0.39 is 11.6 Å². The third-order valence-corrected chi connectivity index (χ3v) is 2.70. The molecule has 0 saturated heterocycles. The molecular weight excluding hydrogens is 254 g/mol. The smallest absolute Gasteiger partial charge is 0.262 e. The number of benzene rings is 1. The molecule has 94 valence electrons. The van der Waals surface area contributed by atoms with Crippen LogP contribution in [0, 0.1) is 0 Å². The van der Waals surface area contributed by atoms with Gasteiger partial charge in [0.2, 0.25) is 5.88 Å². The fraction of sp³-hybridized carbons (Fsp3) is 0.167. The molecule has 1 unspecified atom stereocenters. The maximum atomic E-state index is 11.9. The molecule has 2 rings (SSSR count). The zero-order valence-corrected chi connectivity index (χ0v) is 10.4. The SMILES string of the molecule is CC(N)c1nc(O)c(-c2cccc(Cl)c2)c(=O)[nH]1. The summed E-state index contributed by atoms with van der Waals surface area (Å²) in [5.74, 6) is -0.114. The van der Waals surface area contributed by atoms with Gasteiger partial charge in [-0.2, -0.15) is 4.98 Å². The lowest BCUT2D eigenvalue weighted by molar-refractivity contribution is 0.447. The zero-order valence-electron chi connectivity index (χ0n) is 9.64. The number of hydrogen-bond acceptors (Lipinski definition) is 4. The van der Waals surface area contributed by atoms with Crippen LogP contribution < -0.4 is 11.3 Å². The first-order valence-corrected chi connectivity index (χ1v) is 5.71. The topological polar surface area (TPSA) is 92.0 Å². The number of aromatic hydroxyl groups is 1. The molecule has 0 aliphatic carbocycles. The van der Waals surface area contributed by atoms with Crippen LogP contribution in [0.1, 0.15) is 18.8 Å². The predicted molar refractivity (Wildman–Crippen MR) is 69.6 cm³/mol. The van der Waals surface area contributed by atoms with Crippen LogP contribution >= 0.6 is 11.6 Å². The van der Waals surface area contributed by atoms with Crippen LogP contribution in [-0.2, 0) is 0 Å². The Hall–Kier alpha value is -1.85. The number of aromatic amines is 1. The van der Waals surface area contributed by atoms with Crippen molar-refractivity contribution in [3.8, 4) is 17.0 Å². The maximum absolute atomic E-state index is 11.9. The highest BCUT2D eigenvalue weighted by Gasteiger charge is 2.14. The Morgan fingerprint density at radius 1 is 1.50 bits per heavy atom. The van der Waals surface area contributed by atoms with Gasteiger partial charge in [-0.05, 0) is 24.6 Å². The van der Waals surface area contributed by atoms with E-state index in [1.165, 1.54) is 0 Å². The molecule has 6 heteroatoms. The Kier molecular flexibility index (Phi) is 3.36. The Balaban J connectivity index is 2.63. The summed E-state index contributed by atoms with van der Waals surface area (Å²) < 4.78 is 0. The van der Waals surface area contributed by atoms with E-state index >= 15 is 0 Å². The van der Waals surface area contributed by atoms with E-state index in [2.05, 4.69) is 9.97 Å². The number of nitrogens with zero attached hydrogens (tertiary/aromatic N) is 1. The molecule has 1 aromatic heterocycles. The molecule has 1 atom stereocenters. The van der Waals surface area contributed by atoms with E-state index in [9.17, 15) is 9.90 Å². The molecule has 2 aromatic rings. The summed E-state index contributed by atoms with van der Waals surface area (Å²) in [6.07, 6.45) is 0. The molecule has 0 radical (unpaired) electrons. The fourth-order valence-corrected chi connectivity index (χ4v) is 1.79. The number of rotatable bonds is 2. The quantitative estimate of drug-likeness (QED) is 0.772. The fourth-order valence-electron chi connectivity index (χ4n) is 1.60. The molecule has 5 nitrogen and oxygen atoms in total. The van der Waals surface area contributed by atoms with Gasteiger partial charge in [0.1, 0.15) is 11.4 Å². The summed E-state index contributed by atoms with van der Waals surface area (Å²) in [5.41, 5.74) is 5.74. The van der Waals surface area contributed by atoms with Crippen LogP contribution in [0.4, 0.5) is 0 Å². The summed E-state index contributed by atoms with van der Waals surface area (Å²) in [6.45, 7) is 1.66. The average molecular weight is 266 g/mol. The summed E-state index contributed by atoms with van der Waals surface area (Å²) in [6, 6.07) is 6.16. The van der Waals surface area contributed by atoms with Gasteiger partial charge in [-0.3, -0.25) is 4.79 Å². The lowest BCUT2D eigenvalue weighted by Gasteiger charge is -2.08. The molecule has 1 aromatic carbocycles. The van der Waals surface area contributed by atoms with E-state index in [0.717, 1.165) is 0 Å². The minimum absolute atomic E-state index is 0.0851. The third-order valence-electron chi connectivity index (χ3n) is 2.46. The molecule has 0 aliphatic rings. The highest BCUT2D eigenvalue weighted by atomic mass is 35.5. The number of aromatic nitrogens is 2. The van der Waals surface area contributed by atoms with Gasteiger partial charge >= 0.3 is 0 Å². The van der Waals surface area contributed by atoms with Gasteiger partial charge in [0.15, 0.2) is 0 Å². The van der Waals surface area contributed by atoms with Crippen LogP contribution in [0.5, 0.6) is 5.88 Å². The Labute approximate surface area is 108 Å². The first kappa shape index (κ1) is 12.6. The number of halogens is 1. The Morgan fingerprint density at radius 3 is 2.78 bits per heavy atom. The van der Waals surface area contributed by atoms with Gasteiger partial charge in [-0.15, -0.1) is 0 Å². The summed E-state index contributed by atoms with van der Waals surface area (Å²) in [7, 11) is 0. The second-order valence-electron chi connectivity index (χ2n) is 3.95. The van der Waals surface area contributed by atoms with E-state index in [-0.39, 0.29) is 17.3 Å². The number of nitrogens with one attached hydrogen (secondary N) is 1. The normalized spacial score (nSPS) is 12.4. The van der Waals surface area contributed by atoms with Crippen molar-refractivity contribution in [3.05, 3.63) is 45.5 Å². The summed E-state index contributed by atoms with van der Waals surface area (Å²) >= 11 is 5.85. The molecule has 0 fully saturated rings. The highest BCUT2D eigenvalue weighted by molar-refractivity contribution is 6.30. The first-order valence-electron chi connectivity index (χ1n) is 5.33. The van der Waals surface area contributed by atoms with Crippen molar-refractivity contribution in [3.63, 3.8) is 0 Å². The van der Waals surface area contributed by atoms with Crippen molar-refractivity contribution >= 4 is 11.6 Å². The van der Waals surface area contributed by atoms with Crippen molar-refractivity contribution in [2.24, 2.45) is 5.73 Å². The molecule has 0 amide bonds. The zero-order chi connectivity index (χ0) is 13.3. The molecule has 0 aliphatic heterocycles. The van der Waals surface area contributed by atoms with E-state index in [4.69, 9.17) is 17.3 Å². The molecule has 4 N–H and O–H groups in total. The van der Waals surface area contributed by atoms with Crippen molar-refractivity contribution in [2.45, 2.75) is 13.0 Å². The van der Waals surface area contributed by atoms with Gasteiger partial charge in [0.25, 0.3) is 5.56 Å². The van der Waals surface area contributed by atoms with Crippen LogP contribution in [0.15, 0.2) is 29.1 Å². The van der Waals surface area contributed by atoms with E-state index in [0.29, 0.717) is 10.6 Å². The van der Waals surface area contributed by atoms with Crippen molar-refractivity contribution < 1.29 is 5.11 Å². The van der Waals surface area contributed by atoms with Crippen molar-refractivity contribution in [1.82, 2.24) is 9.97 Å². The predicted octanol–water partition coefficient (Wildman–Crippen LogP) is 1.82. The second-order valence-corrected chi connectivity index (χ2v) is 4.39. The van der Waals surface area contributed by atoms with Gasteiger partial charge < -0.3 is 15.8 Å². The van der Waals surface area contributed by atoms with Crippen LogP contribution in [-0.4, -0.2) is 15.1 Å². The van der Waals surface area contributed by atoms with Crippen LogP contribution in [0.2, 0.25) is 5.02 Å². The monoisotopic (exact) mass is 265 g/mol. The first-order chi connectivity index (χ1) is 8.49. The van der Waals surface area contributed by atoms with Crippen LogP contribution in [0.25, 0.3) is 11.1 Å². The number of nitrogens with two attached hydrogens (primary N) is 1. The minimum Gasteiger partial charge on any atom is -0.493 e. The van der Waals surface area contributed by atoms with Gasteiger partial charge in [-0.1, -0.05) is 23.7 Å². The van der Waals surface area contributed by atoms with Gasteiger partial charge in [0.05, 0.1) is 6.04 Å². The Bertz CT molecular complexity index is 637. The number of H-pyrrole nitrogens is 1. The van der Waals surface area contributed by atoms with E-state index in [1.807, 2.05) is 0 Å².